The van der Waals surface area contributed by atoms with Crippen molar-refractivity contribution in [2.45, 2.75) is 58.0 Å². The summed E-state index contributed by atoms with van der Waals surface area (Å²) >= 11 is 5.33. The standard InChI is InChI=1S/C20H18OS.C20H16OS.C20H16S.Al.Li.4H/c2*1-13-18(15-10-6-3-7-11-15)17-12-16(19(21)20(17)22-13)14-8-4-2-5-9-14;1-14-20(16-10-6-3-7-11-16)18-12-17(13-19(18)21-14)15-8-4-2-5-9-15;;;;;;/h2-11,16,19,21H,12H2,1H3;2-11,16H,12H2,1H3;2-11,13H,12H2,1H3;;;;;;/q;;;;+1;;;;-1/p+1. The molecule has 1 N–H and O–H groups in total. The predicted molar refractivity (Wildman–Crippen MR) is 289 cm³/mol. The van der Waals surface area contributed by atoms with Gasteiger partial charge in [-0.15, -0.1) is 34.0 Å². The molecule has 0 saturated heterocycles. The van der Waals surface area contributed by atoms with E-state index in [-0.39, 0.29) is 62.8 Å². The van der Waals surface area contributed by atoms with Crippen molar-refractivity contribution < 1.29 is 31.6 Å². The third-order valence-corrected chi connectivity index (χ3v) is 16.5. The van der Waals surface area contributed by atoms with Gasteiger partial charge in [0.2, 0.25) is 0 Å². The van der Waals surface area contributed by atoms with Gasteiger partial charge in [0.25, 0.3) is 0 Å². The Bertz CT molecular complexity index is 3140. The number of Topliss-reactive ketones (excluding diaryl/α,β-unsaturated/α-hetero) is 1. The third-order valence-electron chi connectivity index (χ3n) is 13.1. The van der Waals surface area contributed by atoms with Crippen LogP contribution in [0.1, 0.15) is 88.2 Å². The molecule has 328 valence electrons. The summed E-state index contributed by atoms with van der Waals surface area (Å²) in [5.41, 5.74) is 17.1. The molecule has 7 heteroatoms. The number of aliphatic hydroxyl groups excluding tert-OH is 1. The van der Waals surface area contributed by atoms with Gasteiger partial charge in [0, 0.05) is 36.7 Å². The zero-order valence-corrected chi connectivity index (χ0v) is 40.3. The number of carbonyl (C=O) groups is 1. The molecule has 3 aliphatic rings. The number of ketones is 1. The van der Waals surface area contributed by atoms with Crippen molar-refractivity contribution in [2.75, 3.05) is 0 Å². The van der Waals surface area contributed by atoms with E-state index in [9.17, 15) is 9.90 Å². The Balaban J connectivity index is 0.000000165. The Kier molecular flexibility index (Phi) is 15.5. The van der Waals surface area contributed by atoms with Gasteiger partial charge in [-0.05, 0) is 112 Å². The van der Waals surface area contributed by atoms with Crippen molar-refractivity contribution in [1.82, 2.24) is 0 Å². The van der Waals surface area contributed by atoms with E-state index in [1.807, 2.05) is 47.7 Å². The monoisotopic (exact) mass is 937 g/mol. The van der Waals surface area contributed by atoms with Gasteiger partial charge < -0.3 is 6.53 Å². The van der Waals surface area contributed by atoms with Crippen molar-refractivity contribution in [3.63, 3.8) is 0 Å². The van der Waals surface area contributed by atoms with Crippen LogP contribution in [0.2, 0.25) is 0 Å². The summed E-state index contributed by atoms with van der Waals surface area (Å²) in [7, 11) is 0. The summed E-state index contributed by atoms with van der Waals surface area (Å²) < 4.78 is 0. The van der Waals surface area contributed by atoms with Crippen LogP contribution in [0.5, 0.6) is 0 Å². The molecule has 0 saturated carbocycles. The number of hydrogen-bond acceptors (Lipinski definition) is 5. The van der Waals surface area contributed by atoms with Crippen LogP contribution in [0.25, 0.3) is 45.0 Å². The van der Waals surface area contributed by atoms with Crippen LogP contribution >= 0.6 is 34.0 Å². The third kappa shape index (κ3) is 9.80. The second-order valence-electron chi connectivity index (χ2n) is 17.1. The number of thiophene rings is 3. The summed E-state index contributed by atoms with van der Waals surface area (Å²) in [6.07, 6.45) is 4.79. The van der Waals surface area contributed by atoms with Crippen molar-refractivity contribution in [3.05, 3.63) is 245 Å². The van der Waals surface area contributed by atoms with Gasteiger partial charge in [0.15, 0.2) is 23.1 Å². The fourth-order valence-electron chi connectivity index (χ4n) is 10.1. The maximum atomic E-state index is 12.8. The summed E-state index contributed by atoms with van der Waals surface area (Å²) in [4.78, 5) is 20.3. The minimum absolute atomic E-state index is 0. The van der Waals surface area contributed by atoms with E-state index < -0.39 is 0 Å². The Morgan fingerprint density at radius 3 is 1.45 bits per heavy atom. The number of benzene rings is 6. The molecule has 3 unspecified atom stereocenters. The van der Waals surface area contributed by atoms with E-state index in [1.165, 1.54) is 86.3 Å². The van der Waals surface area contributed by atoms with Crippen molar-refractivity contribution in [1.29, 1.82) is 0 Å². The zero-order chi connectivity index (χ0) is 44.4. The average molecular weight is 938 g/mol. The molecule has 67 heavy (non-hydrogen) atoms. The fraction of sp³-hybridized carbons (Fsp3) is 0.150. The van der Waals surface area contributed by atoms with Gasteiger partial charge in [-0.1, -0.05) is 182 Å². The van der Waals surface area contributed by atoms with Gasteiger partial charge in [0.1, 0.15) is 0 Å². The van der Waals surface area contributed by atoms with E-state index in [2.05, 4.69) is 172 Å². The average Bonchev–Trinajstić information content (AvgIpc) is 4.19. The summed E-state index contributed by atoms with van der Waals surface area (Å²) in [6.45, 7) is 6.52. The van der Waals surface area contributed by atoms with E-state index in [1.54, 1.807) is 22.7 Å². The normalized spacial score (nSPS) is 16.2. The molecule has 3 aromatic heterocycles. The van der Waals surface area contributed by atoms with Gasteiger partial charge in [-0.25, -0.2) is 0 Å². The van der Waals surface area contributed by atoms with Crippen LogP contribution in [0, 0.1) is 20.8 Å². The summed E-state index contributed by atoms with van der Waals surface area (Å²) in [5, 5.41) is 10.8. The van der Waals surface area contributed by atoms with Crippen LogP contribution in [-0.4, -0.2) is 28.3 Å². The van der Waals surface area contributed by atoms with Crippen LogP contribution in [-0.2, 0) is 19.3 Å². The minimum atomic E-state index is -0.376. The minimum Gasteiger partial charge on any atom is -1.00 e. The number of aliphatic hydroxyl groups is 1. The number of aryl methyl sites for hydroxylation is 3. The van der Waals surface area contributed by atoms with Crippen LogP contribution in [0.3, 0.4) is 0 Å². The Morgan fingerprint density at radius 1 is 0.507 bits per heavy atom. The SMILES string of the molecule is Cc1sc2c(c1-c1ccccc1)CC(c1ccccc1)=C2.Cc1sc2c(c1-c1ccccc1)CC(c1ccccc1)C2=O.Cc1sc2c(c1-c1ccccc1)CC(c1ccccc1)C2O.[AlH3].[H+].[H-].[Li+]. The second-order valence-corrected chi connectivity index (χ2v) is 20.8. The molecular weight excluding hydrogens is 883 g/mol. The van der Waals surface area contributed by atoms with Crippen molar-refractivity contribution in [3.8, 4) is 33.4 Å². The number of hydrogen-bond donors (Lipinski definition) is 1. The molecule has 9 aromatic rings. The molecule has 6 aromatic carbocycles. The zero-order valence-electron chi connectivity index (χ0n) is 39.8. The summed E-state index contributed by atoms with van der Waals surface area (Å²) in [5.74, 6) is 0.465. The largest absolute Gasteiger partial charge is 1.00 e. The topological polar surface area (TPSA) is 37.3 Å². The Labute approximate surface area is 433 Å². The van der Waals surface area contributed by atoms with E-state index in [0.29, 0.717) is 0 Å². The van der Waals surface area contributed by atoms with Gasteiger partial charge in [-0.2, -0.15) is 0 Å². The van der Waals surface area contributed by atoms with Gasteiger partial charge >= 0.3 is 20.3 Å². The quantitative estimate of drug-likeness (QED) is 0.169. The first-order chi connectivity index (χ1) is 31.8. The molecule has 0 fully saturated rings. The molecule has 0 aliphatic heterocycles. The van der Waals surface area contributed by atoms with E-state index in [0.717, 1.165) is 34.6 Å². The number of fused-ring (bicyclic) bond motifs is 3. The van der Waals surface area contributed by atoms with E-state index >= 15 is 0 Å². The molecular formula is C60H55AlLiO2S3+. The van der Waals surface area contributed by atoms with Crippen molar-refractivity contribution >= 4 is 68.8 Å². The molecule has 0 spiro atoms. The maximum Gasteiger partial charge on any atom is 1.00 e. The molecule has 3 atom stereocenters. The van der Waals surface area contributed by atoms with Gasteiger partial charge in [-0.3, -0.25) is 4.79 Å². The van der Waals surface area contributed by atoms with Gasteiger partial charge in [0.05, 0.1) is 16.9 Å². The second kappa shape index (κ2) is 21.5. The molecule has 0 amide bonds. The predicted octanol–water partition coefficient (Wildman–Crippen LogP) is 12.2. The first-order valence-corrected chi connectivity index (χ1v) is 24.9. The molecule has 3 aliphatic carbocycles. The number of allylic oxidation sites excluding steroid dienone is 1. The maximum absolute atomic E-state index is 12.8. The first kappa shape index (κ1) is 48.4. The Morgan fingerprint density at radius 2 is 0.925 bits per heavy atom. The van der Waals surface area contributed by atoms with E-state index in [4.69, 9.17) is 0 Å². The molecule has 12 rings (SSSR count). The fourth-order valence-corrected chi connectivity index (χ4v) is 13.7. The number of rotatable bonds is 6. The number of carbonyl (C=O) groups excluding carboxylic acids is 1. The van der Waals surface area contributed by atoms with Crippen LogP contribution < -0.4 is 18.9 Å². The molecule has 3 heterocycles. The Hall–Kier alpha value is -5.08. The molecule has 0 bridgehead atoms. The van der Waals surface area contributed by atoms with Crippen molar-refractivity contribution in [2.24, 2.45) is 0 Å². The molecule has 0 radical (unpaired) electrons. The van der Waals surface area contributed by atoms with Crippen LogP contribution in [0.4, 0.5) is 0 Å². The molecule has 2 nitrogen and oxygen atoms in total. The first-order valence-electron chi connectivity index (χ1n) is 22.4. The smallest absolute Gasteiger partial charge is 1.00 e. The summed E-state index contributed by atoms with van der Waals surface area (Å²) in [6, 6.07) is 63.0. The van der Waals surface area contributed by atoms with Crippen LogP contribution in [0.15, 0.2) is 182 Å².